The molecular weight excluding hydrogens is 580 g/mol. The maximum absolute atomic E-state index is 13.7. The summed E-state index contributed by atoms with van der Waals surface area (Å²) >= 11 is 24.8. The van der Waals surface area contributed by atoms with Crippen molar-refractivity contribution in [1.82, 2.24) is 10.2 Å². The molecule has 0 aromatic heterocycles. The zero-order valence-corrected chi connectivity index (χ0v) is 24.4. The van der Waals surface area contributed by atoms with Gasteiger partial charge in [-0.3, -0.25) is 13.9 Å². The van der Waals surface area contributed by atoms with Crippen molar-refractivity contribution in [2.24, 2.45) is 0 Å². The van der Waals surface area contributed by atoms with Gasteiger partial charge in [-0.15, -0.1) is 0 Å². The smallest absolute Gasteiger partial charge is 0.244 e. The van der Waals surface area contributed by atoms with Gasteiger partial charge in [0, 0.05) is 28.2 Å². The van der Waals surface area contributed by atoms with Gasteiger partial charge in [0.25, 0.3) is 0 Å². The first-order chi connectivity index (χ1) is 17.4. The van der Waals surface area contributed by atoms with E-state index in [2.05, 4.69) is 5.32 Å². The average molecular weight is 609 g/mol. The number of benzene rings is 2. The van der Waals surface area contributed by atoms with E-state index in [9.17, 15) is 18.0 Å². The van der Waals surface area contributed by atoms with Crippen molar-refractivity contribution in [2.75, 3.05) is 17.1 Å². The second kappa shape index (κ2) is 12.9. The van der Waals surface area contributed by atoms with Crippen LogP contribution in [0.1, 0.15) is 44.6 Å². The van der Waals surface area contributed by atoms with E-state index in [4.69, 9.17) is 46.4 Å². The van der Waals surface area contributed by atoms with Crippen molar-refractivity contribution < 1.29 is 18.0 Å². The highest BCUT2D eigenvalue weighted by molar-refractivity contribution is 7.92. The lowest BCUT2D eigenvalue weighted by Gasteiger charge is -2.33. The lowest BCUT2D eigenvalue weighted by Crippen LogP contribution is -2.53. The number of halogens is 4. The van der Waals surface area contributed by atoms with E-state index >= 15 is 0 Å². The normalized spacial score (nSPS) is 15.2. The highest BCUT2D eigenvalue weighted by atomic mass is 35.5. The fourth-order valence-electron chi connectivity index (χ4n) is 4.26. The summed E-state index contributed by atoms with van der Waals surface area (Å²) in [6.45, 7) is 0.945. The van der Waals surface area contributed by atoms with Crippen LogP contribution in [0.4, 0.5) is 5.69 Å². The van der Waals surface area contributed by atoms with E-state index in [1.54, 1.807) is 25.1 Å². The predicted octanol–water partition coefficient (Wildman–Crippen LogP) is 5.93. The highest BCUT2D eigenvalue weighted by Gasteiger charge is 2.32. The molecule has 0 radical (unpaired) electrons. The zero-order chi connectivity index (χ0) is 27.3. The van der Waals surface area contributed by atoms with Crippen LogP contribution in [0.25, 0.3) is 0 Å². The lowest BCUT2D eigenvalue weighted by molar-refractivity contribution is -0.139. The Morgan fingerprint density at radius 2 is 1.59 bits per heavy atom. The molecule has 0 saturated heterocycles. The van der Waals surface area contributed by atoms with Crippen molar-refractivity contribution in [1.29, 1.82) is 0 Å². The highest BCUT2D eigenvalue weighted by Crippen LogP contribution is 2.30. The molecule has 202 valence electrons. The molecule has 37 heavy (non-hydrogen) atoms. The lowest BCUT2D eigenvalue weighted by atomic mass is 9.95. The van der Waals surface area contributed by atoms with Gasteiger partial charge in [0.2, 0.25) is 21.8 Å². The van der Waals surface area contributed by atoms with Crippen molar-refractivity contribution in [3.63, 3.8) is 0 Å². The van der Waals surface area contributed by atoms with Gasteiger partial charge >= 0.3 is 0 Å². The van der Waals surface area contributed by atoms with E-state index in [0.717, 1.165) is 42.7 Å². The Kier molecular flexibility index (Phi) is 10.4. The van der Waals surface area contributed by atoms with E-state index in [0.29, 0.717) is 15.6 Å². The standard InChI is InChI=1S/C25H29Cl4N3O4S/c1-16(25(34)30-17-7-4-3-5-8-17)31(14-19-20(26)9-6-10-21(19)27)24(33)15-32(37(2,35)36)18-11-12-22(28)23(29)13-18/h6,9-13,16-17H,3-5,7-8,14-15H2,1-2H3,(H,30,34). The van der Waals surface area contributed by atoms with Gasteiger partial charge < -0.3 is 10.2 Å². The average Bonchev–Trinajstić information content (AvgIpc) is 2.83. The van der Waals surface area contributed by atoms with Crippen molar-refractivity contribution in [3.8, 4) is 0 Å². The van der Waals surface area contributed by atoms with Crippen LogP contribution in [0.5, 0.6) is 0 Å². The van der Waals surface area contributed by atoms with Crippen LogP contribution in [0.15, 0.2) is 36.4 Å². The molecule has 12 heteroatoms. The number of nitrogens with zero attached hydrogens (tertiary/aromatic N) is 2. The third-order valence-electron chi connectivity index (χ3n) is 6.38. The monoisotopic (exact) mass is 607 g/mol. The Bertz CT molecular complexity index is 1230. The molecule has 2 amide bonds. The molecule has 1 saturated carbocycles. The summed E-state index contributed by atoms with van der Waals surface area (Å²) in [5.41, 5.74) is 0.622. The molecule has 1 N–H and O–H groups in total. The predicted molar refractivity (Wildman–Crippen MR) is 150 cm³/mol. The summed E-state index contributed by atoms with van der Waals surface area (Å²) in [7, 11) is -3.90. The molecule has 1 unspecified atom stereocenters. The van der Waals surface area contributed by atoms with Crippen LogP contribution in [-0.4, -0.2) is 50.0 Å². The quantitative estimate of drug-likeness (QED) is 0.382. The molecule has 0 spiro atoms. The van der Waals surface area contributed by atoms with Gasteiger partial charge in [-0.25, -0.2) is 8.42 Å². The first-order valence-corrected chi connectivity index (χ1v) is 15.2. The van der Waals surface area contributed by atoms with Gasteiger partial charge in [-0.2, -0.15) is 0 Å². The van der Waals surface area contributed by atoms with Crippen LogP contribution in [-0.2, 0) is 26.2 Å². The van der Waals surface area contributed by atoms with Crippen molar-refractivity contribution in [3.05, 3.63) is 62.1 Å². The van der Waals surface area contributed by atoms with Crippen molar-refractivity contribution >= 4 is 73.9 Å². The minimum atomic E-state index is -3.90. The number of carbonyl (C=O) groups is 2. The number of sulfonamides is 1. The van der Waals surface area contributed by atoms with Crippen molar-refractivity contribution in [2.45, 2.75) is 57.7 Å². The summed E-state index contributed by atoms with van der Waals surface area (Å²) in [5, 5.41) is 4.07. The van der Waals surface area contributed by atoms with E-state index in [-0.39, 0.29) is 34.2 Å². The SMILES string of the molecule is CC(C(=O)NC1CCCCC1)N(Cc1c(Cl)cccc1Cl)C(=O)CN(c1ccc(Cl)c(Cl)c1)S(C)(=O)=O. The summed E-state index contributed by atoms with van der Waals surface area (Å²) in [5.74, 6) is -0.942. The number of carbonyl (C=O) groups excluding carboxylic acids is 2. The van der Waals surface area contributed by atoms with E-state index < -0.39 is 28.5 Å². The molecule has 7 nitrogen and oxygen atoms in total. The topological polar surface area (TPSA) is 86.8 Å². The molecule has 0 aliphatic heterocycles. The largest absolute Gasteiger partial charge is 0.352 e. The summed E-state index contributed by atoms with van der Waals surface area (Å²) in [4.78, 5) is 28.2. The number of hydrogen-bond acceptors (Lipinski definition) is 4. The molecule has 0 heterocycles. The van der Waals surface area contributed by atoms with Crippen LogP contribution in [0.2, 0.25) is 20.1 Å². The summed E-state index contributed by atoms with van der Waals surface area (Å²) < 4.78 is 26.3. The van der Waals surface area contributed by atoms with Crippen LogP contribution < -0.4 is 9.62 Å². The number of nitrogens with one attached hydrogen (secondary N) is 1. The molecule has 0 bridgehead atoms. The summed E-state index contributed by atoms with van der Waals surface area (Å²) in [6, 6.07) is 8.33. The molecule has 2 aromatic rings. The first-order valence-electron chi connectivity index (χ1n) is 11.8. The Morgan fingerprint density at radius 1 is 0.973 bits per heavy atom. The Labute approximate surface area is 238 Å². The second-order valence-corrected chi connectivity index (χ2v) is 12.6. The third kappa shape index (κ3) is 7.90. The van der Waals surface area contributed by atoms with Gasteiger partial charge in [-0.05, 0) is 50.1 Å². The van der Waals surface area contributed by atoms with E-state index in [1.807, 2.05) is 0 Å². The molecule has 1 aliphatic rings. The molecule has 1 aliphatic carbocycles. The second-order valence-electron chi connectivity index (χ2n) is 9.11. The Morgan fingerprint density at radius 3 is 2.16 bits per heavy atom. The third-order valence-corrected chi connectivity index (χ3v) is 8.97. The maximum Gasteiger partial charge on any atom is 0.244 e. The van der Waals surface area contributed by atoms with Crippen LogP contribution in [0, 0.1) is 0 Å². The van der Waals surface area contributed by atoms with Gasteiger partial charge in [-0.1, -0.05) is 71.7 Å². The summed E-state index contributed by atoms with van der Waals surface area (Å²) in [6.07, 6.45) is 5.93. The van der Waals surface area contributed by atoms with Crippen LogP contribution >= 0.6 is 46.4 Å². The fraction of sp³-hybridized carbons (Fsp3) is 0.440. The zero-order valence-electron chi connectivity index (χ0n) is 20.5. The number of hydrogen-bond donors (Lipinski definition) is 1. The van der Waals surface area contributed by atoms with Gasteiger partial charge in [0.1, 0.15) is 12.6 Å². The van der Waals surface area contributed by atoms with Gasteiger partial charge in [0.05, 0.1) is 22.0 Å². The molecule has 1 atom stereocenters. The Balaban J connectivity index is 1.93. The maximum atomic E-state index is 13.7. The fourth-order valence-corrected chi connectivity index (χ4v) is 5.91. The minimum Gasteiger partial charge on any atom is -0.352 e. The first kappa shape index (κ1) is 29.8. The molecule has 1 fully saturated rings. The molecular formula is C25H29Cl4N3O4S. The number of anilines is 1. The Hall–Kier alpha value is -1.71. The number of rotatable bonds is 9. The minimum absolute atomic E-state index is 0.0354. The van der Waals surface area contributed by atoms with Gasteiger partial charge in [0.15, 0.2) is 0 Å². The van der Waals surface area contributed by atoms with Crippen LogP contribution in [0.3, 0.4) is 0 Å². The molecule has 3 rings (SSSR count). The van der Waals surface area contributed by atoms with E-state index in [1.165, 1.54) is 23.1 Å². The molecule has 2 aromatic carbocycles. The number of amides is 2.